The third-order valence-corrected chi connectivity index (χ3v) is 4.67. The van der Waals surface area contributed by atoms with Gasteiger partial charge in [0.2, 0.25) is 5.88 Å². The summed E-state index contributed by atoms with van der Waals surface area (Å²) in [7, 11) is 0. The SMILES string of the molecule is Cc1ccc(Nc2ccc(Oc3nccnc3C3CCNCC3)cc2)nc1. The Morgan fingerprint density at radius 1 is 0.963 bits per heavy atom. The van der Waals surface area contributed by atoms with Crippen LogP contribution in [-0.2, 0) is 0 Å². The van der Waals surface area contributed by atoms with E-state index in [4.69, 9.17) is 4.74 Å². The predicted molar refractivity (Wildman–Crippen MR) is 106 cm³/mol. The zero-order valence-electron chi connectivity index (χ0n) is 15.4. The molecule has 0 bridgehead atoms. The number of hydrogen-bond donors (Lipinski definition) is 2. The quantitative estimate of drug-likeness (QED) is 0.710. The molecular weight excluding hydrogens is 338 g/mol. The van der Waals surface area contributed by atoms with Crippen molar-refractivity contribution in [3.8, 4) is 11.6 Å². The number of hydrogen-bond acceptors (Lipinski definition) is 6. The summed E-state index contributed by atoms with van der Waals surface area (Å²) >= 11 is 0. The van der Waals surface area contributed by atoms with Crippen molar-refractivity contribution in [1.29, 1.82) is 0 Å². The molecule has 1 fully saturated rings. The van der Waals surface area contributed by atoms with E-state index in [1.165, 1.54) is 0 Å². The van der Waals surface area contributed by atoms with Crippen LogP contribution in [0.5, 0.6) is 11.6 Å². The number of benzene rings is 1. The number of aryl methyl sites for hydroxylation is 1. The summed E-state index contributed by atoms with van der Waals surface area (Å²) in [5.74, 6) is 2.55. The molecule has 0 atom stereocenters. The van der Waals surface area contributed by atoms with Gasteiger partial charge in [-0.25, -0.2) is 9.97 Å². The molecule has 0 radical (unpaired) electrons. The van der Waals surface area contributed by atoms with Crippen LogP contribution < -0.4 is 15.4 Å². The monoisotopic (exact) mass is 361 g/mol. The molecule has 3 heterocycles. The first-order valence-corrected chi connectivity index (χ1v) is 9.27. The van der Waals surface area contributed by atoms with Gasteiger partial charge in [0.1, 0.15) is 17.3 Å². The molecule has 4 rings (SSSR count). The van der Waals surface area contributed by atoms with Gasteiger partial charge >= 0.3 is 0 Å². The average molecular weight is 361 g/mol. The number of nitrogens with zero attached hydrogens (tertiary/aromatic N) is 3. The first-order valence-electron chi connectivity index (χ1n) is 9.27. The molecule has 1 aromatic carbocycles. The zero-order chi connectivity index (χ0) is 18.5. The molecule has 6 heteroatoms. The second-order valence-electron chi connectivity index (χ2n) is 6.74. The van der Waals surface area contributed by atoms with Crippen molar-refractivity contribution in [2.24, 2.45) is 0 Å². The van der Waals surface area contributed by atoms with Gasteiger partial charge in [0.05, 0.1) is 0 Å². The second kappa shape index (κ2) is 8.14. The van der Waals surface area contributed by atoms with Gasteiger partial charge in [0, 0.05) is 30.2 Å². The number of anilines is 2. The fourth-order valence-corrected chi connectivity index (χ4v) is 3.20. The van der Waals surface area contributed by atoms with Crippen LogP contribution in [0.2, 0.25) is 0 Å². The number of ether oxygens (including phenoxy) is 1. The molecule has 0 amide bonds. The Hall–Kier alpha value is -2.99. The highest BCUT2D eigenvalue weighted by Crippen LogP contribution is 2.32. The second-order valence-corrected chi connectivity index (χ2v) is 6.74. The van der Waals surface area contributed by atoms with E-state index >= 15 is 0 Å². The van der Waals surface area contributed by atoms with E-state index in [1.54, 1.807) is 12.4 Å². The van der Waals surface area contributed by atoms with Crippen LogP contribution in [0.1, 0.15) is 30.0 Å². The lowest BCUT2D eigenvalue weighted by Crippen LogP contribution is -2.27. The van der Waals surface area contributed by atoms with Crippen LogP contribution in [0.4, 0.5) is 11.5 Å². The number of piperidine rings is 1. The van der Waals surface area contributed by atoms with Gasteiger partial charge in [-0.2, -0.15) is 0 Å². The van der Waals surface area contributed by atoms with Crippen LogP contribution in [0, 0.1) is 6.92 Å². The standard InChI is InChI=1S/C21H23N5O/c1-15-2-7-19(25-14-15)26-17-3-5-18(6-4-17)27-21-20(23-12-13-24-21)16-8-10-22-11-9-16/h2-7,12-14,16,22H,8-11H2,1H3,(H,25,26). The summed E-state index contributed by atoms with van der Waals surface area (Å²) in [6.07, 6.45) is 7.38. The van der Waals surface area contributed by atoms with Crippen LogP contribution in [0.3, 0.4) is 0 Å². The number of pyridine rings is 1. The van der Waals surface area contributed by atoms with Gasteiger partial charge in [-0.15, -0.1) is 0 Å². The van der Waals surface area contributed by atoms with E-state index < -0.39 is 0 Å². The van der Waals surface area contributed by atoms with Crippen molar-refractivity contribution in [3.63, 3.8) is 0 Å². The smallest absolute Gasteiger partial charge is 0.241 e. The van der Waals surface area contributed by atoms with Crippen molar-refractivity contribution in [3.05, 3.63) is 66.2 Å². The minimum Gasteiger partial charge on any atom is -0.437 e. The van der Waals surface area contributed by atoms with Gasteiger partial charge in [-0.1, -0.05) is 6.07 Å². The fourth-order valence-electron chi connectivity index (χ4n) is 3.20. The molecule has 3 aromatic rings. The number of rotatable bonds is 5. The highest BCUT2D eigenvalue weighted by Gasteiger charge is 2.21. The zero-order valence-corrected chi connectivity index (χ0v) is 15.4. The van der Waals surface area contributed by atoms with E-state index in [2.05, 4.69) is 25.6 Å². The topological polar surface area (TPSA) is 72.0 Å². The lowest BCUT2D eigenvalue weighted by atomic mass is 9.94. The summed E-state index contributed by atoms with van der Waals surface area (Å²) < 4.78 is 6.05. The molecule has 0 aliphatic carbocycles. The molecular formula is C21H23N5O. The maximum Gasteiger partial charge on any atom is 0.241 e. The van der Waals surface area contributed by atoms with E-state index in [1.807, 2.05) is 49.5 Å². The van der Waals surface area contributed by atoms with Gasteiger partial charge in [-0.05, 0) is 68.8 Å². The van der Waals surface area contributed by atoms with E-state index in [0.717, 1.165) is 54.4 Å². The minimum absolute atomic E-state index is 0.392. The Morgan fingerprint density at radius 3 is 2.48 bits per heavy atom. The molecule has 1 saturated heterocycles. The average Bonchev–Trinajstić information content (AvgIpc) is 2.72. The van der Waals surface area contributed by atoms with Crippen LogP contribution in [-0.4, -0.2) is 28.0 Å². The molecule has 0 unspecified atom stereocenters. The molecule has 27 heavy (non-hydrogen) atoms. The summed E-state index contributed by atoms with van der Waals surface area (Å²) in [5.41, 5.74) is 3.04. The molecule has 0 spiro atoms. The third kappa shape index (κ3) is 4.41. The first kappa shape index (κ1) is 17.4. The van der Waals surface area contributed by atoms with E-state index in [-0.39, 0.29) is 0 Å². The van der Waals surface area contributed by atoms with E-state index in [0.29, 0.717) is 11.8 Å². The molecule has 1 aliphatic rings. The van der Waals surface area contributed by atoms with Gasteiger partial charge in [0.15, 0.2) is 0 Å². The third-order valence-electron chi connectivity index (χ3n) is 4.67. The lowest BCUT2D eigenvalue weighted by Gasteiger charge is -2.23. The van der Waals surface area contributed by atoms with Crippen molar-refractivity contribution >= 4 is 11.5 Å². The summed E-state index contributed by atoms with van der Waals surface area (Å²) in [6.45, 7) is 4.04. The summed E-state index contributed by atoms with van der Waals surface area (Å²) in [4.78, 5) is 13.3. The normalized spacial score (nSPS) is 14.7. The maximum atomic E-state index is 6.05. The van der Waals surface area contributed by atoms with Crippen molar-refractivity contribution in [2.45, 2.75) is 25.7 Å². The van der Waals surface area contributed by atoms with Crippen LogP contribution in [0.15, 0.2) is 55.0 Å². The first-order chi connectivity index (χ1) is 13.3. The Balaban J connectivity index is 1.46. The molecule has 2 aromatic heterocycles. The Morgan fingerprint density at radius 2 is 1.74 bits per heavy atom. The molecule has 6 nitrogen and oxygen atoms in total. The molecule has 0 saturated carbocycles. The minimum atomic E-state index is 0.392. The fraction of sp³-hybridized carbons (Fsp3) is 0.286. The van der Waals surface area contributed by atoms with Gasteiger partial charge in [-0.3, -0.25) is 4.98 Å². The van der Waals surface area contributed by atoms with Crippen molar-refractivity contribution < 1.29 is 4.74 Å². The summed E-state index contributed by atoms with van der Waals surface area (Å²) in [6, 6.07) is 11.8. The Bertz CT molecular complexity index is 874. The van der Waals surface area contributed by atoms with Gasteiger partial charge < -0.3 is 15.4 Å². The number of nitrogens with one attached hydrogen (secondary N) is 2. The van der Waals surface area contributed by atoms with Gasteiger partial charge in [0.25, 0.3) is 0 Å². The molecule has 138 valence electrons. The number of aromatic nitrogens is 3. The highest BCUT2D eigenvalue weighted by atomic mass is 16.5. The largest absolute Gasteiger partial charge is 0.437 e. The summed E-state index contributed by atoms with van der Waals surface area (Å²) in [5, 5.41) is 6.67. The predicted octanol–water partition coefficient (Wildman–Crippen LogP) is 4.18. The van der Waals surface area contributed by atoms with Crippen LogP contribution >= 0.6 is 0 Å². The van der Waals surface area contributed by atoms with Crippen molar-refractivity contribution in [2.75, 3.05) is 18.4 Å². The lowest BCUT2D eigenvalue weighted by molar-refractivity contribution is 0.410. The Labute approximate surface area is 159 Å². The van der Waals surface area contributed by atoms with Crippen molar-refractivity contribution in [1.82, 2.24) is 20.3 Å². The maximum absolute atomic E-state index is 6.05. The molecule has 2 N–H and O–H groups in total. The van der Waals surface area contributed by atoms with Crippen LogP contribution in [0.25, 0.3) is 0 Å². The van der Waals surface area contributed by atoms with E-state index in [9.17, 15) is 0 Å². The molecule has 1 aliphatic heterocycles. The Kier molecular flexibility index (Phi) is 5.25. The highest BCUT2D eigenvalue weighted by molar-refractivity contribution is 5.57.